The minimum absolute atomic E-state index is 0.186. The highest BCUT2D eigenvalue weighted by atomic mass is 16.2. The van der Waals surface area contributed by atoms with Crippen LogP contribution in [0.3, 0.4) is 0 Å². The molecular formula is C22H28N4O. The highest BCUT2D eigenvalue weighted by Crippen LogP contribution is 2.27. The molecule has 4 rings (SSSR count). The maximum atomic E-state index is 13.3. The van der Waals surface area contributed by atoms with Gasteiger partial charge >= 0.3 is 0 Å². The van der Waals surface area contributed by atoms with Gasteiger partial charge in [0.15, 0.2) is 0 Å². The Morgan fingerprint density at radius 3 is 2.85 bits per heavy atom. The van der Waals surface area contributed by atoms with Crippen LogP contribution in [0.15, 0.2) is 42.7 Å². The summed E-state index contributed by atoms with van der Waals surface area (Å²) in [5, 5.41) is 3.42. The van der Waals surface area contributed by atoms with Crippen LogP contribution < -0.4 is 10.2 Å². The van der Waals surface area contributed by atoms with Crippen LogP contribution in [-0.4, -0.2) is 55.1 Å². The van der Waals surface area contributed by atoms with E-state index in [0.717, 1.165) is 57.7 Å². The van der Waals surface area contributed by atoms with Crippen molar-refractivity contribution in [3.63, 3.8) is 0 Å². The summed E-state index contributed by atoms with van der Waals surface area (Å²) >= 11 is 0. The molecule has 2 aliphatic heterocycles. The van der Waals surface area contributed by atoms with Crippen LogP contribution in [-0.2, 0) is 0 Å². The fraction of sp³-hybridized carbons (Fsp3) is 0.455. The Morgan fingerprint density at radius 2 is 2.04 bits per heavy atom. The van der Waals surface area contributed by atoms with Gasteiger partial charge in [0.05, 0.1) is 0 Å². The van der Waals surface area contributed by atoms with Gasteiger partial charge in [-0.1, -0.05) is 18.2 Å². The fourth-order valence-corrected chi connectivity index (χ4v) is 4.32. The van der Waals surface area contributed by atoms with E-state index in [1.165, 1.54) is 16.8 Å². The van der Waals surface area contributed by atoms with Crippen molar-refractivity contribution in [2.24, 2.45) is 0 Å². The molecule has 0 bridgehead atoms. The lowest BCUT2D eigenvalue weighted by Gasteiger charge is -2.25. The Bertz CT molecular complexity index is 800. The maximum Gasteiger partial charge on any atom is 0.254 e. The topological polar surface area (TPSA) is 48.5 Å². The largest absolute Gasteiger partial charge is 0.369 e. The second-order valence-electron chi connectivity index (χ2n) is 7.57. The van der Waals surface area contributed by atoms with E-state index >= 15 is 0 Å². The van der Waals surface area contributed by atoms with E-state index in [1.807, 2.05) is 29.4 Å². The average molecular weight is 364 g/mol. The van der Waals surface area contributed by atoms with Gasteiger partial charge in [0, 0.05) is 56.4 Å². The molecule has 1 aromatic heterocycles. The third-order valence-electron chi connectivity index (χ3n) is 5.81. The number of pyridine rings is 1. The first-order valence-corrected chi connectivity index (χ1v) is 9.98. The van der Waals surface area contributed by atoms with E-state index in [4.69, 9.17) is 0 Å². The molecule has 0 aliphatic carbocycles. The molecule has 27 heavy (non-hydrogen) atoms. The van der Waals surface area contributed by atoms with E-state index in [-0.39, 0.29) is 5.91 Å². The number of aryl methyl sites for hydroxylation is 1. The van der Waals surface area contributed by atoms with E-state index in [2.05, 4.69) is 40.3 Å². The number of carbonyl (C=O) groups excluding carboxylic acids is 1. The van der Waals surface area contributed by atoms with E-state index in [0.29, 0.717) is 5.92 Å². The first-order chi connectivity index (χ1) is 13.2. The van der Waals surface area contributed by atoms with Crippen molar-refractivity contribution in [2.45, 2.75) is 25.7 Å². The zero-order valence-corrected chi connectivity index (χ0v) is 16.0. The maximum absolute atomic E-state index is 13.3. The fourth-order valence-electron chi connectivity index (χ4n) is 4.32. The van der Waals surface area contributed by atoms with Crippen molar-refractivity contribution in [1.82, 2.24) is 15.2 Å². The molecule has 0 saturated carbocycles. The van der Waals surface area contributed by atoms with Gasteiger partial charge in [-0.2, -0.15) is 0 Å². The van der Waals surface area contributed by atoms with Crippen LogP contribution in [0.2, 0.25) is 0 Å². The van der Waals surface area contributed by atoms with E-state index in [9.17, 15) is 4.79 Å². The normalized spacial score (nSPS) is 20.6. The lowest BCUT2D eigenvalue weighted by atomic mass is 9.93. The molecule has 0 radical (unpaired) electrons. The number of amides is 1. The lowest BCUT2D eigenvalue weighted by molar-refractivity contribution is 0.0765. The molecule has 2 aliphatic rings. The average Bonchev–Trinajstić information content (AvgIpc) is 3.13. The van der Waals surface area contributed by atoms with Crippen molar-refractivity contribution >= 4 is 11.6 Å². The third kappa shape index (κ3) is 3.83. The van der Waals surface area contributed by atoms with Crippen LogP contribution in [0.1, 0.15) is 40.2 Å². The number of hydrogen-bond acceptors (Lipinski definition) is 4. The van der Waals surface area contributed by atoms with Crippen LogP contribution in [0.5, 0.6) is 0 Å². The number of nitrogens with one attached hydrogen (secondary N) is 1. The molecule has 2 aromatic rings. The van der Waals surface area contributed by atoms with E-state index in [1.54, 1.807) is 0 Å². The quantitative estimate of drug-likeness (QED) is 0.910. The van der Waals surface area contributed by atoms with Gasteiger partial charge in [-0.3, -0.25) is 9.78 Å². The van der Waals surface area contributed by atoms with Gasteiger partial charge in [0.1, 0.15) is 0 Å². The van der Waals surface area contributed by atoms with Crippen LogP contribution in [0.4, 0.5) is 5.69 Å². The highest BCUT2D eigenvalue weighted by Gasteiger charge is 2.26. The number of nitrogens with zero attached hydrogens (tertiary/aromatic N) is 3. The molecule has 1 N–H and O–H groups in total. The number of anilines is 1. The molecule has 0 unspecified atom stereocenters. The number of aromatic nitrogens is 1. The summed E-state index contributed by atoms with van der Waals surface area (Å²) in [6.45, 7) is 7.53. The lowest BCUT2D eigenvalue weighted by Crippen LogP contribution is -2.36. The van der Waals surface area contributed by atoms with Gasteiger partial charge in [0.25, 0.3) is 5.91 Å². The molecule has 2 fully saturated rings. The standard InChI is InChI=1S/C22H28N4O/c1-17-15-23-10-8-21(17)25-11-4-12-26(14-13-25)22(27)20-6-3-2-5-19(20)18-7-9-24-16-18/h2-3,5-6,8,10,15,18,24H,4,7,9,11-14,16H2,1H3/t18-/m1/s1. The van der Waals surface area contributed by atoms with Crippen LogP contribution >= 0.6 is 0 Å². The number of benzene rings is 1. The summed E-state index contributed by atoms with van der Waals surface area (Å²) in [7, 11) is 0. The Balaban J connectivity index is 1.50. The number of rotatable bonds is 3. The van der Waals surface area contributed by atoms with Crippen LogP contribution in [0, 0.1) is 6.92 Å². The molecular weight excluding hydrogens is 336 g/mol. The van der Waals surface area contributed by atoms with Crippen molar-refractivity contribution < 1.29 is 4.79 Å². The minimum Gasteiger partial charge on any atom is -0.369 e. The summed E-state index contributed by atoms with van der Waals surface area (Å²) in [5.74, 6) is 0.638. The number of hydrogen-bond donors (Lipinski definition) is 1. The highest BCUT2D eigenvalue weighted by molar-refractivity contribution is 5.96. The predicted molar refractivity (Wildman–Crippen MR) is 108 cm³/mol. The Labute approximate surface area is 161 Å². The minimum atomic E-state index is 0.186. The molecule has 1 atom stereocenters. The zero-order valence-electron chi connectivity index (χ0n) is 16.0. The SMILES string of the molecule is Cc1cnccc1N1CCCN(C(=O)c2ccccc2[C@@H]2CCNC2)CC1. The molecule has 5 heteroatoms. The van der Waals surface area contributed by atoms with Gasteiger partial charge in [-0.05, 0) is 55.5 Å². The van der Waals surface area contributed by atoms with Crippen LogP contribution in [0.25, 0.3) is 0 Å². The molecule has 2 saturated heterocycles. The zero-order chi connectivity index (χ0) is 18.6. The van der Waals surface area contributed by atoms with Crippen molar-refractivity contribution in [1.29, 1.82) is 0 Å². The molecule has 0 spiro atoms. The number of carbonyl (C=O) groups is 1. The second kappa shape index (κ2) is 8.09. The summed E-state index contributed by atoms with van der Waals surface area (Å²) < 4.78 is 0. The summed E-state index contributed by atoms with van der Waals surface area (Å²) in [6, 6.07) is 10.3. The molecule has 142 valence electrons. The first-order valence-electron chi connectivity index (χ1n) is 9.98. The smallest absolute Gasteiger partial charge is 0.254 e. The molecule has 1 amide bonds. The van der Waals surface area contributed by atoms with E-state index < -0.39 is 0 Å². The Morgan fingerprint density at radius 1 is 1.15 bits per heavy atom. The monoisotopic (exact) mass is 364 g/mol. The summed E-state index contributed by atoms with van der Waals surface area (Å²) in [5.41, 5.74) is 4.52. The third-order valence-corrected chi connectivity index (χ3v) is 5.81. The van der Waals surface area contributed by atoms with Gasteiger partial charge < -0.3 is 15.1 Å². The van der Waals surface area contributed by atoms with Gasteiger partial charge in [-0.25, -0.2) is 0 Å². The summed E-state index contributed by atoms with van der Waals surface area (Å²) in [6.07, 6.45) is 5.86. The van der Waals surface area contributed by atoms with Gasteiger partial charge in [-0.15, -0.1) is 0 Å². The van der Waals surface area contributed by atoms with Crippen molar-refractivity contribution in [2.75, 3.05) is 44.2 Å². The summed E-state index contributed by atoms with van der Waals surface area (Å²) in [4.78, 5) is 21.9. The molecule has 1 aromatic carbocycles. The molecule has 5 nitrogen and oxygen atoms in total. The van der Waals surface area contributed by atoms with Crippen molar-refractivity contribution in [3.8, 4) is 0 Å². The predicted octanol–water partition coefficient (Wildman–Crippen LogP) is 2.82. The molecule has 3 heterocycles. The Hall–Kier alpha value is -2.40. The van der Waals surface area contributed by atoms with Gasteiger partial charge in [0.2, 0.25) is 0 Å². The Kier molecular flexibility index (Phi) is 5.39. The first kappa shape index (κ1) is 18.0. The second-order valence-corrected chi connectivity index (χ2v) is 7.57. The van der Waals surface area contributed by atoms with Crippen molar-refractivity contribution in [3.05, 3.63) is 59.4 Å².